The summed E-state index contributed by atoms with van der Waals surface area (Å²) in [4.78, 5) is 12.3. The number of nitrogens with one attached hydrogen (secondary N) is 1. The Morgan fingerprint density at radius 1 is 1.08 bits per heavy atom. The largest absolute Gasteiger partial charge is 0.497 e. The first-order valence-corrected chi connectivity index (χ1v) is 7.72. The molecule has 2 aromatic carbocycles. The minimum absolute atomic E-state index is 0.103. The van der Waals surface area contributed by atoms with Crippen LogP contribution >= 0.6 is 0 Å². The van der Waals surface area contributed by atoms with Gasteiger partial charge >= 0.3 is 0 Å². The first-order valence-electron chi connectivity index (χ1n) is 7.72. The van der Waals surface area contributed by atoms with E-state index in [9.17, 15) is 4.79 Å². The predicted molar refractivity (Wildman–Crippen MR) is 93.8 cm³/mol. The lowest BCUT2D eigenvalue weighted by atomic mass is 10.1. The third-order valence-electron chi connectivity index (χ3n) is 3.64. The number of hydrogen-bond acceptors (Lipinski definition) is 5. The highest BCUT2D eigenvalue weighted by atomic mass is 16.5. The molecule has 0 aliphatic carbocycles. The van der Waals surface area contributed by atoms with Crippen molar-refractivity contribution in [3.63, 3.8) is 0 Å². The third kappa shape index (κ3) is 3.98. The molecular weight excluding hydrogens is 320 g/mol. The minimum atomic E-state index is -0.212. The van der Waals surface area contributed by atoms with Crippen molar-refractivity contribution in [1.29, 1.82) is 0 Å². The highest BCUT2D eigenvalue weighted by molar-refractivity contribution is 5.93. The number of rotatable bonds is 6. The summed E-state index contributed by atoms with van der Waals surface area (Å²) in [5.74, 6) is 1.60. The zero-order valence-corrected chi connectivity index (χ0v) is 14.0. The Morgan fingerprint density at radius 3 is 2.60 bits per heavy atom. The summed E-state index contributed by atoms with van der Waals surface area (Å²) in [6.07, 6.45) is 0.103. The van der Waals surface area contributed by atoms with Crippen molar-refractivity contribution in [3.8, 4) is 22.8 Å². The lowest BCUT2D eigenvalue weighted by Gasteiger charge is -2.11. The molecule has 0 unspecified atom stereocenters. The van der Waals surface area contributed by atoms with Crippen LogP contribution < -0.4 is 14.8 Å². The number of methoxy groups -OCH3 is 2. The molecule has 3 rings (SSSR count). The SMILES string of the molecule is COc1ccc(NC(=O)Cc2cc(-c3ccccc3)on2)c(OC)c1. The molecule has 0 bridgehead atoms. The summed E-state index contributed by atoms with van der Waals surface area (Å²) in [5.41, 5.74) is 2.04. The summed E-state index contributed by atoms with van der Waals surface area (Å²) < 4.78 is 15.7. The van der Waals surface area contributed by atoms with Crippen LogP contribution in [0.1, 0.15) is 5.69 Å². The number of anilines is 1. The molecule has 0 fully saturated rings. The minimum Gasteiger partial charge on any atom is -0.497 e. The summed E-state index contributed by atoms with van der Waals surface area (Å²) in [6, 6.07) is 16.6. The standard InChI is InChI=1S/C19H18N2O4/c1-23-15-8-9-16(18(12-15)24-2)20-19(22)11-14-10-17(25-21-14)13-6-4-3-5-7-13/h3-10,12H,11H2,1-2H3,(H,20,22). The van der Waals surface area contributed by atoms with Crippen LogP contribution in [0.3, 0.4) is 0 Å². The second-order valence-electron chi connectivity index (χ2n) is 5.34. The second-order valence-corrected chi connectivity index (χ2v) is 5.34. The van der Waals surface area contributed by atoms with E-state index in [1.807, 2.05) is 30.3 Å². The van der Waals surface area contributed by atoms with E-state index >= 15 is 0 Å². The number of hydrogen-bond donors (Lipinski definition) is 1. The van der Waals surface area contributed by atoms with Crippen molar-refractivity contribution < 1.29 is 18.8 Å². The molecule has 6 nitrogen and oxygen atoms in total. The Labute approximate surface area is 145 Å². The number of benzene rings is 2. The van der Waals surface area contributed by atoms with E-state index in [0.29, 0.717) is 28.6 Å². The molecule has 0 saturated heterocycles. The molecule has 1 amide bonds. The van der Waals surface area contributed by atoms with Crippen LogP contribution in [0.25, 0.3) is 11.3 Å². The van der Waals surface area contributed by atoms with E-state index in [1.54, 1.807) is 31.4 Å². The number of ether oxygens (including phenoxy) is 2. The zero-order valence-electron chi connectivity index (χ0n) is 14.0. The van der Waals surface area contributed by atoms with Gasteiger partial charge in [0.15, 0.2) is 5.76 Å². The van der Waals surface area contributed by atoms with Gasteiger partial charge in [-0.05, 0) is 12.1 Å². The predicted octanol–water partition coefficient (Wildman–Crippen LogP) is 3.54. The normalized spacial score (nSPS) is 10.3. The van der Waals surface area contributed by atoms with E-state index in [-0.39, 0.29) is 12.3 Å². The van der Waals surface area contributed by atoms with Crippen LogP contribution in [0, 0.1) is 0 Å². The van der Waals surface area contributed by atoms with Crippen molar-refractivity contribution in [2.75, 3.05) is 19.5 Å². The number of carbonyl (C=O) groups is 1. The maximum Gasteiger partial charge on any atom is 0.230 e. The molecule has 0 aliphatic heterocycles. The molecule has 25 heavy (non-hydrogen) atoms. The van der Waals surface area contributed by atoms with Gasteiger partial charge in [0, 0.05) is 17.7 Å². The van der Waals surface area contributed by atoms with E-state index in [2.05, 4.69) is 10.5 Å². The van der Waals surface area contributed by atoms with E-state index in [0.717, 1.165) is 5.56 Å². The highest BCUT2D eigenvalue weighted by Gasteiger charge is 2.13. The fraction of sp³-hybridized carbons (Fsp3) is 0.158. The average Bonchev–Trinajstić information content (AvgIpc) is 3.11. The lowest BCUT2D eigenvalue weighted by molar-refractivity contribution is -0.115. The fourth-order valence-electron chi connectivity index (χ4n) is 2.39. The van der Waals surface area contributed by atoms with Gasteiger partial charge in [-0.2, -0.15) is 0 Å². The first kappa shape index (κ1) is 16.6. The summed E-state index contributed by atoms with van der Waals surface area (Å²) in [7, 11) is 3.11. The van der Waals surface area contributed by atoms with Crippen molar-refractivity contribution in [2.45, 2.75) is 6.42 Å². The summed E-state index contributed by atoms with van der Waals surface area (Å²) >= 11 is 0. The number of amides is 1. The first-order chi connectivity index (χ1) is 12.2. The molecule has 0 radical (unpaired) electrons. The van der Waals surface area contributed by atoms with Gasteiger partial charge in [0.25, 0.3) is 0 Å². The van der Waals surface area contributed by atoms with Crippen LogP contribution in [-0.4, -0.2) is 25.3 Å². The summed E-state index contributed by atoms with van der Waals surface area (Å²) in [5, 5.41) is 6.77. The zero-order chi connectivity index (χ0) is 17.6. The highest BCUT2D eigenvalue weighted by Crippen LogP contribution is 2.29. The van der Waals surface area contributed by atoms with Crippen LogP contribution in [0.15, 0.2) is 59.1 Å². The number of aromatic nitrogens is 1. The Bertz CT molecular complexity index is 859. The van der Waals surface area contributed by atoms with Gasteiger partial charge in [0.2, 0.25) is 5.91 Å². The quantitative estimate of drug-likeness (QED) is 0.744. The molecule has 1 heterocycles. The van der Waals surface area contributed by atoms with Crippen molar-refractivity contribution in [1.82, 2.24) is 5.16 Å². The van der Waals surface area contributed by atoms with Gasteiger partial charge < -0.3 is 19.3 Å². The van der Waals surface area contributed by atoms with E-state index < -0.39 is 0 Å². The Balaban J connectivity index is 1.68. The molecule has 128 valence electrons. The van der Waals surface area contributed by atoms with Crippen molar-refractivity contribution in [3.05, 3.63) is 60.3 Å². The molecule has 1 aromatic heterocycles. The molecule has 6 heteroatoms. The fourth-order valence-corrected chi connectivity index (χ4v) is 2.39. The van der Waals surface area contributed by atoms with Crippen molar-refractivity contribution >= 4 is 11.6 Å². The second kappa shape index (κ2) is 7.53. The average molecular weight is 338 g/mol. The number of nitrogens with zero attached hydrogens (tertiary/aromatic N) is 1. The molecule has 0 aliphatic rings. The molecule has 0 spiro atoms. The van der Waals surface area contributed by atoms with Gasteiger partial charge in [-0.1, -0.05) is 35.5 Å². The molecule has 0 saturated carbocycles. The van der Waals surface area contributed by atoms with Crippen LogP contribution in [0.4, 0.5) is 5.69 Å². The van der Waals surface area contributed by atoms with E-state index in [1.165, 1.54) is 7.11 Å². The number of carbonyl (C=O) groups excluding carboxylic acids is 1. The topological polar surface area (TPSA) is 73.6 Å². The van der Waals surface area contributed by atoms with Gasteiger partial charge in [-0.15, -0.1) is 0 Å². The summed E-state index contributed by atoms with van der Waals surface area (Å²) in [6.45, 7) is 0. The lowest BCUT2D eigenvalue weighted by Crippen LogP contribution is -2.15. The van der Waals surface area contributed by atoms with Gasteiger partial charge in [-0.25, -0.2) is 0 Å². The van der Waals surface area contributed by atoms with Crippen LogP contribution in [0.5, 0.6) is 11.5 Å². The van der Waals surface area contributed by atoms with Gasteiger partial charge in [0.1, 0.15) is 11.5 Å². The smallest absolute Gasteiger partial charge is 0.230 e. The van der Waals surface area contributed by atoms with Crippen LogP contribution in [0.2, 0.25) is 0 Å². The third-order valence-corrected chi connectivity index (χ3v) is 3.64. The van der Waals surface area contributed by atoms with Gasteiger partial charge in [0.05, 0.1) is 32.0 Å². The molecule has 1 N–H and O–H groups in total. The van der Waals surface area contributed by atoms with Crippen LogP contribution in [-0.2, 0) is 11.2 Å². The maximum absolute atomic E-state index is 12.3. The molecule has 0 atom stereocenters. The monoisotopic (exact) mass is 338 g/mol. The molecule has 3 aromatic rings. The maximum atomic E-state index is 12.3. The Hall–Kier alpha value is -3.28. The van der Waals surface area contributed by atoms with Crippen molar-refractivity contribution in [2.24, 2.45) is 0 Å². The molecular formula is C19H18N2O4. The Morgan fingerprint density at radius 2 is 1.88 bits per heavy atom. The Kier molecular flexibility index (Phi) is 4.99. The van der Waals surface area contributed by atoms with Gasteiger partial charge in [-0.3, -0.25) is 4.79 Å². The van der Waals surface area contributed by atoms with E-state index in [4.69, 9.17) is 14.0 Å².